The molecule has 4 aromatic carbocycles. The van der Waals surface area contributed by atoms with Gasteiger partial charge in [-0.1, -0.05) is 92.8 Å². The summed E-state index contributed by atoms with van der Waals surface area (Å²) < 4.78 is 64.0. The molecule has 0 atom stereocenters. The molecule has 0 unspecified atom stereocenters. The largest absolute Gasteiger partial charge is 0.465 e. The zero-order chi connectivity index (χ0) is 42.5. The topological polar surface area (TPSA) is 131 Å². The smallest absolute Gasteiger partial charge is 0.337 e. The van der Waals surface area contributed by atoms with Gasteiger partial charge in [-0.15, -0.1) is 11.6 Å². The normalized spacial score (nSPS) is 13.9. The fourth-order valence-electron chi connectivity index (χ4n) is 6.77. The van der Waals surface area contributed by atoms with Crippen LogP contribution in [0.25, 0.3) is 0 Å². The zero-order valence-electron chi connectivity index (χ0n) is 34.2. The standard InChI is InChI=1S/C22H28N2O4S.C18H20ClNO4S.C5H10/c1-28-22(25)20-12-10-19(11-13-20)18-24(21-8-3-2-4-9-21)29(26,27)17-7-16-23-14-5-6-15-23;1-24-18(21)16-10-8-15(9-11-16)14-20(17-6-3-2-4-7-17)25(22,23)13-5-12-19;1-2-4-5-3-1/h2-4,8-13H,5-7,14-18H2,1H3;2-4,6-11H,5,12-14H2,1H3;1-5H2. The first-order valence-corrected chi connectivity index (χ1v) is 24.0. The number of methoxy groups -OCH3 is 2. The average molecular weight is 869 g/mol. The Morgan fingerprint density at radius 2 is 0.932 bits per heavy atom. The molecule has 0 aromatic heterocycles. The quantitative estimate of drug-likeness (QED) is 0.0756. The van der Waals surface area contributed by atoms with E-state index in [1.165, 1.54) is 67.8 Å². The van der Waals surface area contributed by atoms with Crippen LogP contribution in [-0.4, -0.2) is 84.9 Å². The van der Waals surface area contributed by atoms with E-state index < -0.39 is 32.0 Å². The van der Waals surface area contributed by atoms with E-state index in [9.17, 15) is 26.4 Å². The van der Waals surface area contributed by atoms with Gasteiger partial charge in [-0.05, 0) is 105 Å². The molecule has 2 aliphatic rings. The number of nitrogens with zero attached hydrogens (tertiary/aromatic N) is 3. The third kappa shape index (κ3) is 15.6. The Hall–Kier alpha value is -4.43. The number of rotatable bonds is 17. The maximum absolute atomic E-state index is 13.2. The van der Waals surface area contributed by atoms with Crippen LogP contribution in [0.1, 0.15) is 89.6 Å². The van der Waals surface area contributed by atoms with E-state index in [0.717, 1.165) is 30.8 Å². The SMILES string of the molecule is C1CCCC1.COC(=O)c1ccc(CN(c2ccccc2)S(=O)(=O)CCCCl)cc1.COC(=O)c1ccc(CN(c2ccccc2)S(=O)(=O)CCCN2CCCC2)cc1. The van der Waals surface area contributed by atoms with Gasteiger partial charge in [0.25, 0.3) is 0 Å². The lowest BCUT2D eigenvalue weighted by molar-refractivity contribution is 0.0592. The molecule has 4 aromatic rings. The summed E-state index contributed by atoms with van der Waals surface area (Å²) in [5, 5.41) is 0. The molecule has 1 saturated heterocycles. The Bertz CT molecular complexity index is 2050. The number of anilines is 2. The molecule has 59 heavy (non-hydrogen) atoms. The van der Waals surface area contributed by atoms with Crippen LogP contribution in [0, 0.1) is 0 Å². The van der Waals surface area contributed by atoms with E-state index in [-0.39, 0.29) is 30.5 Å². The van der Waals surface area contributed by atoms with Crippen molar-refractivity contribution in [3.8, 4) is 0 Å². The molecule has 1 aliphatic heterocycles. The predicted octanol–water partition coefficient (Wildman–Crippen LogP) is 8.68. The van der Waals surface area contributed by atoms with Gasteiger partial charge in [-0.25, -0.2) is 26.4 Å². The van der Waals surface area contributed by atoms with Crippen molar-refractivity contribution in [1.82, 2.24) is 4.90 Å². The number of carbonyl (C=O) groups excluding carboxylic acids is 2. The molecule has 1 heterocycles. The fourth-order valence-corrected chi connectivity index (χ4v) is 10.1. The number of hydrogen-bond donors (Lipinski definition) is 0. The van der Waals surface area contributed by atoms with Crippen molar-refractivity contribution in [1.29, 1.82) is 0 Å². The molecule has 320 valence electrons. The summed E-state index contributed by atoms with van der Waals surface area (Å²) in [6.07, 6.45) is 10.9. The number of benzene rings is 4. The first kappa shape index (κ1) is 47.3. The third-order valence-electron chi connectivity index (χ3n) is 10.0. The maximum Gasteiger partial charge on any atom is 0.337 e. The minimum atomic E-state index is -3.51. The average Bonchev–Trinajstić information content (AvgIpc) is 4.03. The van der Waals surface area contributed by atoms with Crippen LogP contribution in [0.2, 0.25) is 0 Å². The maximum atomic E-state index is 13.2. The third-order valence-corrected chi connectivity index (χ3v) is 13.9. The lowest BCUT2D eigenvalue weighted by atomic mass is 10.1. The predicted molar refractivity (Wildman–Crippen MR) is 237 cm³/mol. The molecule has 1 aliphatic carbocycles. The van der Waals surface area contributed by atoms with Gasteiger partial charge >= 0.3 is 11.9 Å². The molecule has 0 amide bonds. The molecular formula is C45H58ClN3O8S2. The zero-order valence-corrected chi connectivity index (χ0v) is 36.6. The van der Waals surface area contributed by atoms with Gasteiger partial charge in [0.2, 0.25) is 20.0 Å². The Labute approximate surface area is 356 Å². The van der Waals surface area contributed by atoms with Crippen LogP contribution in [0.4, 0.5) is 11.4 Å². The van der Waals surface area contributed by atoms with Gasteiger partial charge in [0, 0.05) is 5.88 Å². The summed E-state index contributed by atoms with van der Waals surface area (Å²) in [5.74, 6) is -0.466. The molecule has 14 heteroatoms. The second-order valence-corrected chi connectivity index (χ2v) is 18.8. The van der Waals surface area contributed by atoms with Gasteiger partial charge in [-0.2, -0.15) is 0 Å². The number of hydrogen-bond acceptors (Lipinski definition) is 9. The summed E-state index contributed by atoms with van der Waals surface area (Å²) in [7, 11) is -4.34. The Morgan fingerprint density at radius 3 is 1.29 bits per heavy atom. The highest BCUT2D eigenvalue weighted by atomic mass is 35.5. The fraction of sp³-hybridized carbons (Fsp3) is 0.422. The molecule has 0 radical (unpaired) electrons. The molecule has 2 fully saturated rings. The van der Waals surface area contributed by atoms with Crippen LogP contribution in [-0.2, 0) is 42.6 Å². The van der Waals surface area contributed by atoms with Gasteiger partial charge in [0.1, 0.15) is 0 Å². The van der Waals surface area contributed by atoms with Gasteiger partial charge in [-0.3, -0.25) is 8.61 Å². The van der Waals surface area contributed by atoms with Crippen LogP contribution >= 0.6 is 11.6 Å². The van der Waals surface area contributed by atoms with Gasteiger partial charge in [0.15, 0.2) is 0 Å². The van der Waals surface area contributed by atoms with Crippen LogP contribution < -0.4 is 8.61 Å². The molecule has 11 nitrogen and oxygen atoms in total. The van der Waals surface area contributed by atoms with Crippen LogP contribution in [0.3, 0.4) is 0 Å². The second kappa shape index (κ2) is 24.6. The number of para-hydroxylation sites is 2. The minimum Gasteiger partial charge on any atom is -0.465 e. The van der Waals surface area contributed by atoms with E-state index >= 15 is 0 Å². The lowest BCUT2D eigenvalue weighted by Crippen LogP contribution is -2.34. The van der Waals surface area contributed by atoms with E-state index in [1.54, 1.807) is 84.9 Å². The second-order valence-electron chi connectivity index (χ2n) is 14.4. The van der Waals surface area contributed by atoms with E-state index in [2.05, 4.69) is 9.64 Å². The number of sulfonamides is 2. The molecule has 0 bridgehead atoms. The van der Waals surface area contributed by atoms with Gasteiger partial charge in [0.05, 0.1) is 61.3 Å². The number of carbonyl (C=O) groups is 2. The van der Waals surface area contributed by atoms with Crippen LogP contribution in [0.15, 0.2) is 109 Å². The van der Waals surface area contributed by atoms with Crippen molar-refractivity contribution >= 4 is 55.0 Å². The van der Waals surface area contributed by atoms with Crippen molar-refractivity contribution in [2.75, 3.05) is 59.9 Å². The summed E-state index contributed by atoms with van der Waals surface area (Å²) in [5.41, 5.74) is 3.67. The highest BCUT2D eigenvalue weighted by Crippen LogP contribution is 2.24. The van der Waals surface area contributed by atoms with E-state index in [1.807, 2.05) is 24.3 Å². The first-order chi connectivity index (χ1) is 28.5. The summed E-state index contributed by atoms with van der Waals surface area (Å²) >= 11 is 5.65. The van der Waals surface area contributed by atoms with Crippen molar-refractivity contribution in [3.63, 3.8) is 0 Å². The number of halogens is 1. The highest BCUT2D eigenvalue weighted by molar-refractivity contribution is 7.93. The molecule has 1 saturated carbocycles. The molecule has 0 spiro atoms. The number of alkyl halides is 1. The van der Waals surface area contributed by atoms with Crippen molar-refractivity contribution < 1.29 is 35.9 Å². The molecule has 6 rings (SSSR count). The molecular weight excluding hydrogens is 810 g/mol. The number of likely N-dealkylation sites (tertiary alicyclic amines) is 1. The van der Waals surface area contributed by atoms with Crippen molar-refractivity contribution in [2.24, 2.45) is 0 Å². The summed E-state index contributed by atoms with van der Waals surface area (Å²) in [6.45, 7) is 3.34. The van der Waals surface area contributed by atoms with Crippen LogP contribution in [0.5, 0.6) is 0 Å². The lowest BCUT2D eigenvalue weighted by Gasteiger charge is -2.25. The Balaban J connectivity index is 0.000000234. The highest BCUT2D eigenvalue weighted by Gasteiger charge is 2.25. The number of esters is 2. The first-order valence-electron chi connectivity index (χ1n) is 20.2. The number of ether oxygens (including phenoxy) is 2. The van der Waals surface area contributed by atoms with Crippen molar-refractivity contribution in [2.45, 2.75) is 70.9 Å². The minimum absolute atomic E-state index is 0.0222. The van der Waals surface area contributed by atoms with E-state index in [4.69, 9.17) is 16.3 Å². The Morgan fingerprint density at radius 1 is 0.559 bits per heavy atom. The van der Waals surface area contributed by atoms with Gasteiger partial charge < -0.3 is 14.4 Å². The monoisotopic (exact) mass is 867 g/mol. The van der Waals surface area contributed by atoms with Crippen molar-refractivity contribution in [3.05, 3.63) is 131 Å². The summed E-state index contributed by atoms with van der Waals surface area (Å²) in [4.78, 5) is 25.5. The molecule has 0 N–H and O–H groups in total. The Kier molecular flexibility index (Phi) is 19.7. The van der Waals surface area contributed by atoms with E-state index in [0.29, 0.717) is 35.3 Å². The summed E-state index contributed by atoms with van der Waals surface area (Å²) in [6, 6.07) is 31.6.